The second-order valence-electron chi connectivity index (χ2n) is 4.54. The van der Waals surface area contributed by atoms with E-state index < -0.39 is 0 Å². The van der Waals surface area contributed by atoms with Gasteiger partial charge in [-0.1, -0.05) is 13.3 Å². The van der Waals surface area contributed by atoms with Gasteiger partial charge in [0, 0.05) is 12.1 Å². The van der Waals surface area contributed by atoms with E-state index in [0.717, 1.165) is 24.0 Å². The summed E-state index contributed by atoms with van der Waals surface area (Å²) in [7, 11) is 0. The highest BCUT2D eigenvalue weighted by molar-refractivity contribution is 5.64. The summed E-state index contributed by atoms with van der Waals surface area (Å²) in [6.45, 7) is 8.01. The number of nitrogens with zero attached hydrogens (tertiary/aromatic N) is 1. The Balaban J connectivity index is 3.04. The van der Waals surface area contributed by atoms with Crippen LogP contribution in [0.5, 0.6) is 0 Å². The van der Waals surface area contributed by atoms with Gasteiger partial charge in [0.1, 0.15) is 5.69 Å². The SMILES string of the molecule is CCCC(C)Nc1cc(C)c(C)cc1[N+](=O)[O-]. The predicted molar refractivity (Wildman–Crippen MR) is 70.6 cm³/mol. The number of aryl methyl sites for hydroxylation is 2. The summed E-state index contributed by atoms with van der Waals surface area (Å²) in [6, 6.07) is 3.75. The maximum absolute atomic E-state index is 11.0. The van der Waals surface area contributed by atoms with Crippen LogP contribution >= 0.6 is 0 Å². The highest BCUT2D eigenvalue weighted by Crippen LogP contribution is 2.28. The zero-order valence-electron chi connectivity index (χ0n) is 10.9. The first kappa shape index (κ1) is 13.5. The molecule has 0 saturated heterocycles. The molecule has 0 bridgehead atoms. The van der Waals surface area contributed by atoms with Gasteiger partial charge < -0.3 is 5.32 Å². The maximum atomic E-state index is 11.0. The summed E-state index contributed by atoms with van der Waals surface area (Å²) in [6.07, 6.45) is 2.07. The first-order valence-electron chi connectivity index (χ1n) is 5.97. The molecular formula is C13H20N2O2. The molecule has 1 aromatic rings. The largest absolute Gasteiger partial charge is 0.377 e. The molecule has 4 heteroatoms. The molecular weight excluding hydrogens is 216 g/mol. The molecule has 0 saturated carbocycles. The topological polar surface area (TPSA) is 55.2 Å². The molecule has 0 aliphatic carbocycles. The molecule has 0 amide bonds. The van der Waals surface area contributed by atoms with Crippen molar-refractivity contribution in [1.82, 2.24) is 0 Å². The van der Waals surface area contributed by atoms with Crippen molar-refractivity contribution in [2.75, 3.05) is 5.32 Å². The fraction of sp³-hybridized carbons (Fsp3) is 0.538. The van der Waals surface area contributed by atoms with Crippen molar-refractivity contribution in [2.45, 2.75) is 46.6 Å². The van der Waals surface area contributed by atoms with Crippen LogP contribution in [0.1, 0.15) is 37.8 Å². The second-order valence-corrected chi connectivity index (χ2v) is 4.54. The summed E-state index contributed by atoms with van der Waals surface area (Å²) in [5.41, 5.74) is 2.81. The molecule has 0 aliphatic heterocycles. The third-order valence-corrected chi connectivity index (χ3v) is 2.93. The van der Waals surface area contributed by atoms with Crippen LogP contribution in [0.4, 0.5) is 11.4 Å². The van der Waals surface area contributed by atoms with Crippen LogP contribution in [0, 0.1) is 24.0 Å². The molecule has 0 fully saturated rings. The van der Waals surface area contributed by atoms with Gasteiger partial charge in [-0.2, -0.15) is 0 Å². The van der Waals surface area contributed by atoms with Gasteiger partial charge in [-0.3, -0.25) is 10.1 Å². The number of nitrogens with one attached hydrogen (secondary N) is 1. The fourth-order valence-corrected chi connectivity index (χ4v) is 1.84. The van der Waals surface area contributed by atoms with Crippen LogP contribution < -0.4 is 5.32 Å². The van der Waals surface area contributed by atoms with E-state index in [2.05, 4.69) is 12.2 Å². The minimum atomic E-state index is -0.326. The molecule has 0 aromatic heterocycles. The summed E-state index contributed by atoms with van der Waals surface area (Å²) >= 11 is 0. The molecule has 0 aliphatic rings. The Bertz CT molecular complexity index is 416. The number of hydrogen-bond donors (Lipinski definition) is 1. The van der Waals surface area contributed by atoms with Gasteiger partial charge in [0.25, 0.3) is 5.69 Å². The zero-order valence-corrected chi connectivity index (χ0v) is 10.9. The molecule has 0 heterocycles. The van der Waals surface area contributed by atoms with Gasteiger partial charge in [0.05, 0.1) is 4.92 Å². The Hall–Kier alpha value is -1.58. The van der Waals surface area contributed by atoms with Gasteiger partial charge >= 0.3 is 0 Å². The van der Waals surface area contributed by atoms with Gasteiger partial charge in [0.2, 0.25) is 0 Å². The smallest absolute Gasteiger partial charge is 0.292 e. The lowest BCUT2D eigenvalue weighted by Crippen LogP contribution is -2.15. The van der Waals surface area contributed by atoms with Crippen LogP contribution in [0.2, 0.25) is 0 Å². The number of nitro benzene ring substituents is 1. The minimum absolute atomic E-state index is 0.163. The van der Waals surface area contributed by atoms with Gasteiger partial charge in [0.15, 0.2) is 0 Å². The van der Waals surface area contributed by atoms with E-state index in [-0.39, 0.29) is 16.7 Å². The molecule has 1 aromatic carbocycles. The number of hydrogen-bond acceptors (Lipinski definition) is 3. The first-order chi connectivity index (χ1) is 7.95. The van der Waals surface area contributed by atoms with E-state index in [4.69, 9.17) is 0 Å². The first-order valence-corrected chi connectivity index (χ1v) is 5.97. The van der Waals surface area contributed by atoms with Gasteiger partial charge in [-0.15, -0.1) is 0 Å². The molecule has 1 unspecified atom stereocenters. The number of benzene rings is 1. The van der Waals surface area contributed by atoms with Crippen LogP contribution in [0.15, 0.2) is 12.1 Å². The van der Waals surface area contributed by atoms with Gasteiger partial charge in [-0.05, 0) is 44.4 Å². The molecule has 1 atom stereocenters. The second kappa shape index (κ2) is 5.66. The fourth-order valence-electron chi connectivity index (χ4n) is 1.84. The molecule has 0 radical (unpaired) electrons. The average Bonchev–Trinajstić information content (AvgIpc) is 2.23. The van der Waals surface area contributed by atoms with E-state index in [1.165, 1.54) is 0 Å². The van der Waals surface area contributed by atoms with Crippen molar-refractivity contribution in [3.05, 3.63) is 33.4 Å². The number of anilines is 1. The average molecular weight is 236 g/mol. The Labute approximate surface area is 102 Å². The standard InChI is InChI=1S/C13H20N2O2/c1-5-6-11(4)14-12-7-9(2)10(3)8-13(12)15(16)17/h7-8,11,14H,5-6H2,1-4H3. The van der Waals surface area contributed by atoms with Crippen molar-refractivity contribution >= 4 is 11.4 Å². The molecule has 17 heavy (non-hydrogen) atoms. The van der Waals surface area contributed by atoms with E-state index in [1.54, 1.807) is 6.07 Å². The lowest BCUT2D eigenvalue weighted by molar-refractivity contribution is -0.384. The third-order valence-electron chi connectivity index (χ3n) is 2.93. The van der Waals surface area contributed by atoms with Crippen molar-refractivity contribution in [2.24, 2.45) is 0 Å². The summed E-state index contributed by atoms with van der Waals surface area (Å²) in [4.78, 5) is 10.7. The van der Waals surface area contributed by atoms with Crippen molar-refractivity contribution in [3.63, 3.8) is 0 Å². The molecule has 1 rings (SSSR count). The lowest BCUT2D eigenvalue weighted by Gasteiger charge is -2.15. The highest BCUT2D eigenvalue weighted by Gasteiger charge is 2.16. The normalized spacial score (nSPS) is 12.2. The minimum Gasteiger partial charge on any atom is -0.377 e. The lowest BCUT2D eigenvalue weighted by atomic mass is 10.1. The Morgan fingerprint density at radius 1 is 1.35 bits per heavy atom. The van der Waals surface area contributed by atoms with E-state index in [9.17, 15) is 10.1 Å². The molecule has 0 spiro atoms. The Morgan fingerprint density at radius 3 is 2.47 bits per heavy atom. The third kappa shape index (κ3) is 3.44. The zero-order chi connectivity index (χ0) is 13.0. The predicted octanol–water partition coefficient (Wildman–Crippen LogP) is 3.81. The maximum Gasteiger partial charge on any atom is 0.292 e. The number of rotatable bonds is 5. The van der Waals surface area contributed by atoms with Crippen LogP contribution in [-0.4, -0.2) is 11.0 Å². The highest BCUT2D eigenvalue weighted by atomic mass is 16.6. The molecule has 1 N–H and O–H groups in total. The molecule has 4 nitrogen and oxygen atoms in total. The van der Waals surface area contributed by atoms with Crippen molar-refractivity contribution in [1.29, 1.82) is 0 Å². The summed E-state index contributed by atoms with van der Waals surface area (Å²) < 4.78 is 0. The van der Waals surface area contributed by atoms with Crippen molar-refractivity contribution < 1.29 is 4.92 Å². The van der Waals surface area contributed by atoms with Crippen LogP contribution in [0.3, 0.4) is 0 Å². The number of nitro groups is 1. The Kier molecular flexibility index (Phi) is 4.49. The van der Waals surface area contributed by atoms with Crippen LogP contribution in [-0.2, 0) is 0 Å². The van der Waals surface area contributed by atoms with E-state index >= 15 is 0 Å². The quantitative estimate of drug-likeness (QED) is 0.624. The van der Waals surface area contributed by atoms with E-state index in [1.807, 2.05) is 26.8 Å². The van der Waals surface area contributed by atoms with E-state index in [0.29, 0.717) is 5.69 Å². The molecule has 94 valence electrons. The summed E-state index contributed by atoms with van der Waals surface area (Å²) in [5.74, 6) is 0. The van der Waals surface area contributed by atoms with Gasteiger partial charge in [-0.25, -0.2) is 0 Å². The monoisotopic (exact) mass is 236 g/mol. The Morgan fingerprint density at radius 2 is 1.94 bits per heavy atom. The van der Waals surface area contributed by atoms with Crippen molar-refractivity contribution in [3.8, 4) is 0 Å². The summed E-state index contributed by atoms with van der Waals surface area (Å²) in [5, 5.41) is 14.2. The van der Waals surface area contributed by atoms with Crippen LogP contribution in [0.25, 0.3) is 0 Å².